The van der Waals surface area contributed by atoms with Crippen LogP contribution in [0.25, 0.3) is 5.78 Å². The third-order valence-corrected chi connectivity index (χ3v) is 4.86. The molecule has 0 aromatic carbocycles. The van der Waals surface area contributed by atoms with Crippen molar-refractivity contribution < 1.29 is 0 Å². The number of imidazole rings is 1. The number of hydrogen-bond acceptors (Lipinski definition) is 4. The third kappa shape index (κ3) is 3.49. The first-order chi connectivity index (χ1) is 9.81. The Morgan fingerprint density at radius 2 is 2.25 bits per heavy atom. The molecule has 0 bridgehead atoms. The number of rotatable bonds is 3. The van der Waals surface area contributed by atoms with Gasteiger partial charge in [0.1, 0.15) is 4.32 Å². The highest BCUT2D eigenvalue weighted by Crippen LogP contribution is 2.19. The monoisotopic (exact) mass is 306 g/mol. The van der Waals surface area contributed by atoms with Crippen molar-refractivity contribution in [2.24, 2.45) is 0 Å². The van der Waals surface area contributed by atoms with Gasteiger partial charge in [0.05, 0.1) is 5.69 Å². The van der Waals surface area contributed by atoms with Crippen molar-refractivity contribution in [2.45, 2.75) is 43.9 Å². The number of hydrogen-bond donors (Lipinski definition) is 1. The number of fused-ring (bicyclic) bond motifs is 1. The van der Waals surface area contributed by atoms with Gasteiger partial charge in [0.15, 0.2) is 0 Å². The Balaban J connectivity index is 1.51. The van der Waals surface area contributed by atoms with E-state index >= 15 is 0 Å². The van der Waals surface area contributed by atoms with Gasteiger partial charge in [0.25, 0.3) is 0 Å². The molecule has 2 aromatic rings. The molecule has 1 saturated carbocycles. The van der Waals surface area contributed by atoms with E-state index in [1.807, 2.05) is 22.9 Å². The third-order valence-electron chi connectivity index (χ3n) is 3.56. The highest BCUT2D eigenvalue weighted by molar-refractivity contribution is 8.22. The Kier molecular flexibility index (Phi) is 4.52. The van der Waals surface area contributed by atoms with Gasteiger partial charge in [-0.3, -0.25) is 4.40 Å². The smallest absolute Gasteiger partial charge is 0.233 e. The summed E-state index contributed by atoms with van der Waals surface area (Å²) in [6, 6.07) is 2.48. The Hall–Kier alpha value is -1.14. The van der Waals surface area contributed by atoms with Crippen LogP contribution in [0.3, 0.4) is 0 Å². The second-order valence-corrected chi connectivity index (χ2v) is 6.77. The minimum absolute atomic E-state index is 0.575. The molecule has 1 N–H and O–H groups in total. The molecule has 106 valence electrons. The highest BCUT2D eigenvalue weighted by Gasteiger charge is 2.14. The fraction of sp³-hybridized carbons (Fsp3) is 0.500. The molecule has 0 unspecified atom stereocenters. The second kappa shape index (κ2) is 6.54. The van der Waals surface area contributed by atoms with Gasteiger partial charge in [-0.25, -0.2) is 9.97 Å². The van der Waals surface area contributed by atoms with Crippen molar-refractivity contribution >= 4 is 34.1 Å². The number of thioether (sulfide) groups is 1. The first kappa shape index (κ1) is 13.8. The summed E-state index contributed by atoms with van der Waals surface area (Å²) in [5.41, 5.74) is 1.02. The topological polar surface area (TPSA) is 42.2 Å². The molecule has 0 radical (unpaired) electrons. The molecular weight excluding hydrogens is 288 g/mol. The molecule has 0 spiro atoms. The summed E-state index contributed by atoms with van der Waals surface area (Å²) >= 11 is 7.07. The summed E-state index contributed by atoms with van der Waals surface area (Å²) in [6.07, 6.45) is 12.2. The van der Waals surface area contributed by atoms with Crippen LogP contribution < -0.4 is 5.32 Å². The van der Waals surface area contributed by atoms with Gasteiger partial charge in [0.2, 0.25) is 5.78 Å². The summed E-state index contributed by atoms with van der Waals surface area (Å²) in [4.78, 5) is 8.69. The molecule has 2 heterocycles. The lowest BCUT2D eigenvalue weighted by molar-refractivity contribution is 0.416. The highest BCUT2D eigenvalue weighted by atomic mass is 32.2. The van der Waals surface area contributed by atoms with Gasteiger partial charge < -0.3 is 5.32 Å². The maximum Gasteiger partial charge on any atom is 0.233 e. The summed E-state index contributed by atoms with van der Waals surface area (Å²) < 4.78 is 2.83. The maximum atomic E-state index is 5.42. The van der Waals surface area contributed by atoms with Gasteiger partial charge >= 0.3 is 0 Å². The lowest BCUT2D eigenvalue weighted by Crippen LogP contribution is -2.33. The number of aromatic nitrogens is 3. The van der Waals surface area contributed by atoms with Crippen LogP contribution >= 0.6 is 24.0 Å². The van der Waals surface area contributed by atoms with Crippen LogP contribution in [-0.4, -0.2) is 24.7 Å². The van der Waals surface area contributed by atoms with Crippen molar-refractivity contribution in [1.82, 2.24) is 19.7 Å². The van der Waals surface area contributed by atoms with Crippen molar-refractivity contribution in [2.75, 3.05) is 0 Å². The molecule has 4 nitrogen and oxygen atoms in total. The SMILES string of the molecule is S=C(NC1CCCCC1)SCc1cn2cccnc2n1. The zero-order valence-corrected chi connectivity index (χ0v) is 12.9. The van der Waals surface area contributed by atoms with E-state index in [1.54, 1.807) is 18.0 Å². The lowest BCUT2D eigenvalue weighted by Gasteiger charge is -2.23. The van der Waals surface area contributed by atoms with E-state index in [9.17, 15) is 0 Å². The van der Waals surface area contributed by atoms with Crippen LogP contribution in [0.4, 0.5) is 0 Å². The van der Waals surface area contributed by atoms with Crippen molar-refractivity contribution in [3.8, 4) is 0 Å². The first-order valence-corrected chi connectivity index (χ1v) is 8.42. The quantitative estimate of drug-likeness (QED) is 0.882. The molecule has 1 aliphatic carbocycles. The van der Waals surface area contributed by atoms with E-state index in [-0.39, 0.29) is 0 Å². The molecule has 3 rings (SSSR count). The Morgan fingerprint density at radius 3 is 3.05 bits per heavy atom. The van der Waals surface area contributed by atoms with Crippen LogP contribution in [0.5, 0.6) is 0 Å². The fourth-order valence-corrected chi connectivity index (χ4v) is 3.56. The van der Waals surface area contributed by atoms with E-state index < -0.39 is 0 Å². The average Bonchev–Trinajstić information content (AvgIpc) is 2.89. The summed E-state index contributed by atoms with van der Waals surface area (Å²) in [6.45, 7) is 0. The van der Waals surface area contributed by atoms with Crippen LogP contribution in [0.1, 0.15) is 37.8 Å². The fourth-order valence-electron chi connectivity index (χ4n) is 2.54. The first-order valence-electron chi connectivity index (χ1n) is 7.03. The Bertz CT molecular complexity index is 557. The molecular formula is C14H18N4S2. The van der Waals surface area contributed by atoms with Gasteiger partial charge in [-0.05, 0) is 18.9 Å². The van der Waals surface area contributed by atoms with E-state index in [4.69, 9.17) is 12.2 Å². The van der Waals surface area contributed by atoms with E-state index in [2.05, 4.69) is 15.3 Å². The molecule has 0 amide bonds. The summed E-state index contributed by atoms with van der Waals surface area (Å²) in [7, 11) is 0. The van der Waals surface area contributed by atoms with E-state index in [0.29, 0.717) is 6.04 Å². The minimum atomic E-state index is 0.575. The van der Waals surface area contributed by atoms with Gasteiger partial charge in [-0.15, -0.1) is 0 Å². The number of thiocarbonyl (C=S) groups is 1. The van der Waals surface area contributed by atoms with Gasteiger partial charge in [0, 0.05) is 30.4 Å². The average molecular weight is 306 g/mol. The minimum Gasteiger partial charge on any atom is -0.368 e. The van der Waals surface area contributed by atoms with Crippen molar-refractivity contribution in [1.29, 1.82) is 0 Å². The molecule has 1 fully saturated rings. The molecule has 0 atom stereocenters. The van der Waals surface area contributed by atoms with Crippen molar-refractivity contribution in [3.05, 3.63) is 30.4 Å². The van der Waals surface area contributed by atoms with Gasteiger partial charge in [-0.1, -0.05) is 43.2 Å². The molecule has 1 aliphatic rings. The zero-order chi connectivity index (χ0) is 13.8. The standard InChI is InChI=1S/C14H18N4S2/c19-14(17-11-5-2-1-3-6-11)20-10-12-9-18-8-4-7-15-13(18)16-12/h4,7-9,11H,1-3,5-6,10H2,(H,17,19). The zero-order valence-electron chi connectivity index (χ0n) is 11.3. The van der Waals surface area contributed by atoms with Crippen LogP contribution in [-0.2, 0) is 5.75 Å². The Labute approximate surface area is 128 Å². The molecule has 20 heavy (non-hydrogen) atoms. The summed E-state index contributed by atoms with van der Waals surface area (Å²) in [5, 5.41) is 3.47. The largest absolute Gasteiger partial charge is 0.368 e. The predicted octanol–water partition coefficient (Wildman–Crippen LogP) is 3.17. The maximum absolute atomic E-state index is 5.42. The predicted molar refractivity (Wildman–Crippen MR) is 86.9 cm³/mol. The van der Waals surface area contributed by atoms with Crippen LogP contribution in [0, 0.1) is 0 Å². The van der Waals surface area contributed by atoms with Crippen LogP contribution in [0.15, 0.2) is 24.7 Å². The molecule has 0 aliphatic heterocycles. The molecule has 6 heteroatoms. The molecule has 2 aromatic heterocycles. The van der Waals surface area contributed by atoms with E-state index in [1.165, 1.54) is 32.1 Å². The van der Waals surface area contributed by atoms with Gasteiger partial charge in [-0.2, -0.15) is 0 Å². The van der Waals surface area contributed by atoms with Crippen LogP contribution in [0.2, 0.25) is 0 Å². The Morgan fingerprint density at radius 1 is 1.40 bits per heavy atom. The van der Waals surface area contributed by atoms with E-state index in [0.717, 1.165) is 21.5 Å². The number of nitrogens with zero attached hydrogens (tertiary/aromatic N) is 3. The molecule has 0 saturated heterocycles. The number of nitrogens with one attached hydrogen (secondary N) is 1. The lowest BCUT2D eigenvalue weighted by atomic mass is 9.96. The summed E-state index contributed by atoms with van der Waals surface area (Å²) in [5.74, 6) is 1.54. The second-order valence-electron chi connectivity index (χ2n) is 5.11. The van der Waals surface area contributed by atoms with Crippen molar-refractivity contribution in [3.63, 3.8) is 0 Å². The normalized spacial score (nSPS) is 16.4.